The first-order valence-electron chi connectivity index (χ1n) is 12.0. The minimum atomic E-state index is -0.228. The SMILES string of the molecule is CN1C(=O)c2cccc3cccc(c23)C1=O.CN1C(=O)c2ccccc2C1=O.CN=C1CCCCC1. The molecule has 36 heavy (non-hydrogen) atoms. The average molecular weight is 484 g/mol. The van der Waals surface area contributed by atoms with Crippen LogP contribution in [0.4, 0.5) is 0 Å². The normalized spacial score (nSPS) is 16.2. The molecule has 0 saturated heterocycles. The number of aliphatic imine (C=N–C) groups is 1. The van der Waals surface area contributed by atoms with Crippen LogP contribution in [0.2, 0.25) is 0 Å². The molecule has 2 heterocycles. The second-order valence-electron chi connectivity index (χ2n) is 8.94. The second-order valence-corrected chi connectivity index (χ2v) is 8.94. The Labute approximate surface area is 210 Å². The molecule has 0 unspecified atom stereocenters. The Morgan fingerprint density at radius 2 is 1.00 bits per heavy atom. The fourth-order valence-corrected chi connectivity index (χ4v) is 4.64. The molecule has 3 aromatic rings. The van der Waals surface area contributed by atoms with Gasteiger partial charge in [-0.15, -0.1) is 0 Å². The van der Waals surface area contributed by atoms with Crippen LogP contribution in [0.3, 0.4) is 0 Å². The van der Waals surface area contributed by atoms with Gasteiger partial charge in [-0.2, -0.15) is 0 Å². The van der Waals surface area contributed by atoms with Crippen molar-refractivity contribution in [1.29, 1.82) is 0 Å². The standard InChI is InChI=1S/C13H9NO2.C9H7NO2.C7H13N/c1-14-12(15)9-6-2-4-8-5-3-7-10(11(8)9)13(14)16;1-10-8(11)6-4-2-3-5-7(6)9(10)12;1-8-7-5-3-2-4-6-7/h2-7H,1H3;2-5H,1H3;2-6H2,1H3. The maximum atomic E-state index is 11.9. The van der Waals surface area contributed by atoms with Crippen LogP contribution in [0.1, 0.15) is 73.5 Å². The van der Waals surface area contributed by atoms with Gasteiger partial charge in [0.15, 0.2) is 0 Å². The molecule has 0 N–H and O–H groups in total. The van der Waals surface area contributed by atoms with Crippen molar-refractivity contribution in [2.24, 2.45) is 4.99 Å². The molecule has 0 bridgehead atoms. The summed E-state index contributed by atoms with van der Waals surface area (Å²) in [5.74, 6) is -0.880. The molecule has 2 aliphatic heterocycles. The lowest BCUT2D eigenvalue weighted by atomic mass is 9.94. The number of hydrogen-bond acceptors (Lipinski definition) is 5. The molecular formula is C29H29N3O4. The summed E-state index contributed by atoms with van der Waals surface area (Å²) in [4.78, 5) is 52.9. The van der Waals surface area contributed by atoms with Gasteiger partial charge in [-0.05, 0) is 55.3 Å². The number of imide groups is 2. The van der Waals surface area contributed by atoms with Crippen molar-refractivity contribution in [3.63, 3.8) is 0 Å². The summed E-state index contributed by atoms with van der Waals surface area (Å²) in [7, 11) is 4.91. The number of rotatable bonds is 0. The van der Waals surface area contributed by atoms with Crippen molar-refractivity contribution in [1.82, 2.24) is 9.80 Å². The van der Waals surface area contributed by atoms with E-state index in [0.717, 1.165) is 20.6 Å². The van der Waals surface area contributed by atoms with E-state index in [2.05, 4.69) is 4.99 Å². The van der Waals surface area contributed by atoms with Gasteiger partial charge in [0.2, 0.25) is 0 Å². The lowest BCUT2D eigenvalue weighted by molar-refractivity contribution is 0.0646. The summed E-state index contributed by atoms with van der Waals surface area (Å²) in [6, 6.07) is 17.9. The van der Waals surface area contributed by atoms with E-state index in [-0.39, 0.29) is 23.6 Å². The lowest BCUT2D eigenvalue weighted by Gasteiger charge is -2.23. The fourth-order valence-electron chi connectivity index (χ4n) is 4.64. The van der Waals surface area contributed by atoms with Crippen molar-refractivity contribution in [2.45, 2.75) is 32.1 Å². The fraction of sp³-hybridized carbons (Fsp3) is 0.276. The first-order valence-corrected chi connectivity index (χ1v) is 12.0. The zero-order chi connectivity index (χ0) is 25.8. The van der Waals surface area contributed by atoms with Crippen molar-refractivity contribution in [3.8, 4) is 0 Å². The number of fused-ring (bicyclic) bond motifs is 1. The van der Waals surface area contributed by atoms with Gasteiger partial charge in [0, 0.05) is 43.4 Å². The van der Waals surface area contributed by atoms with Crippen molar-refractivity contribution < 1.29 is 19.2 Å². The molecule has 1 saturated carbocycles. The third-order valence-corrected chi connectivity index (χ3v) is 6.72. The summed E-state index contributed by atoms with van der Waals surface area (Å²) in [6.07, 6.45) is 6.67. The summed E-state index contributed by atoms with van der Waals surface area (Å²) in [5, 5.41) is 1.71. The van der Waals surface area contributed by atoms with Gasteiger partial charge < -0.3 is 0 Å². The Bertz CT molecular complexity index is 1300. The van der Waals surface area contributed by atoms with Crippen LogP contribution < -0.4 is 0 Å². The first-order chi connectivity index (χ1) is 17.3. The number of nitrogens with zero attached hydrogens (tertiary/aromatic N) is 3. The number of benzene rings is 3. The predicted molar refractivity (Wildman–Crippen MR) is 140 cm³/mol. The zero-order valence-corrected chi connectivity index (χ0v) is 20.8. The Balaban J connectivity index is 0.000000135. The monoisotopic (exact) mass is 483 g/mol. The zero-order valence-electron chi connectivity index (χ0n) is 20.8. The van der Waals surface area contributed by atoms with E-state index in [0.29, 0.717) is 22.3 Å². The summed E-state index contributed by atoms with van der Waals surface area (Å²) in [5.41, 5.74) is 3.65. The Morgan fingerprint density at radius 1 is 0.583 bits per heavy atom. The highest BCUT2D eigenvalue weighted by Gasteiger charge is 2.32. The predicted octanol–water partition coefficient (Wildman–Crippen LogP) is 5.00. The highest BCUT2D eigenvalue weighted by atomic mass is 16.2. The van der Waals surface area contributed by atoms with E-state index in [9.17, 15) is 19.2 Å². The third kappa shape index (κ3) is 4.69. The van der Waals surface area contributed by atoms with Gasteiger partial charge in [-0.3, -0.25) is 34.0 Å². The molecule has 0 aromatic heterocycles. The van der Waals surface area contributed by atoms with Crippen molar-refractivity contribution in [2.75, 3.05) is 21.1 Å². The minimum absolute atomic E-state index is 0.212. The third-order valence-electron chi connectivity index (χ3n) is 6.72. The molecule has 0 spiro atoms. The number of carbonyl (C=O) groups excluding carboxylic acids is 4. The maximum Gasteiger partial charge on any atom is 0.261 e. The van der Waals surface area contributed by atoms with Gasteiger partial charge in [0.25, 0.3) is 23.6 Å². The lowest BCUT2D eigenvalue weighted by Crippen LogP contribution is -2.36. The molecule has 4 amide bonds. The van der Waals surface area contributed by atoms with Gasteiger partial charge in [0.1, 0.15) is 0 Å². The van der Waals surface area contributed by atoms with E-state index in [4.69, 9.17) is 0 Å². The van der Waals surface area contributed by atoms with E-state index >= 15 is 0 Å². The summed E-state index contributed by atoms with van der Waals surface area (Å²) < 4.78 is 0. The topological polar surface area (TPSA) is 87.1 Å². The van der Waals surface area contributed by atoms with E-state index in [1.165, 1.54) is 51.9 Å². The van der Waals surface area contributed by atoms with Crippen molar-refractivity contribution >= 4 is 40.1 Å². The van der Waals surface area contributed by atoms with Gasteiger partial charge in [-0.1, -0.05) is 42.8 Å². The molecule has 1 fully saturated rings. The second kappa shape index (κ2) is 10.6. The van der Waals surface area contributed by atoms with Crippen LogP contribution in [-0.4, -0.2) is 60.3 Å². The molecule has 3 aromatic carbocycles. The molecular weight excluding hydrogens is 454 g/mol. The Kier molecular flexibility index (Phi) is 7.38. The molecule has 184 valence electrons. The summed E-state index contributed by atoms with van der Waals surface area (Å²) in [6.45, 7) is 0. The molecule has 7 nitrogen and oxygen atoms in total. The van der Waals surface area contributed by atoms with Crippen LogP contribution in [0.25, 0.3) is 10.8 Å². The number of hydrogen-bond donors (Lipinski definition) is 0. The van der Waals surface area contributed by atoms with E-state index in [1.807, 2.05) is 31.3 Å². The molecule has 0 atom stereocenters. The molecule has 3 aliphatic rings. The van der Waals surface area contributed by atoms with E-state index in [1.54, 1.807) is 36.4 Å². The van der Waals surface area contributed by atoms with Crippen LogP contribution in [0.5, 0.6) is 0 Å². The maximum absolute atomic E-state index is 11.9. The van der Waals surface area contributed by atoms with Gasteiger partial charge >= 0.3 is 0 Å². The first kappa shape index (κ1) is 25.0. The van der Waals surface area contributed by atoms with E-state index < -0.39 is 0 Å². The highest BCUT2D eigenvalue weighted by molar-refractivity contribution is 6.25. The quantitative estimate of drug-likeness (QED) is 0.421. The smallest absolute Gasteiger partial charge is 0.261 e. The highest BCUT2D eigenvalue weighted by Crippen LogP contribution is 2.29. The number of amides is 4. The van der Waals surface area contributed by atoms with Crippen LogP contribution >= 0.6 is 0 Å². The average Bonchev–Trinajstić information content (AvgIpc) is 3.15. The largest absolute Gasteiger partial charge is 0.297 e. The molecule has 0 radical (unpaired) electrons. The minimum Gasteiger partial charge on any atom is -0.297 e. The van der Waals surface area contributed by atoms with Crippen LogP contribution in [0, 0.1) is 0 Å². The summed E-state index contributed by atoms with van der Waals surface area (Å²) >= 11 is 0. The number of carbonyl (C=O) groups is 4. The molecule has 6 rings (SSSR count). The Morgan fingerprint density at radius 3 is 1.42 bits per heavy atom. The van der Waals surface area contributed by atoms with Gasteiger partial charge in [0.05, 0.1) is 11.1 Å². The molecule has 1 aliphatic carbocycles. The van der Waals surface area contributed by atoms with Crippen molar-refractivity contribution in [3.05, 3.63) is 82.9 Å². The molecule has 7 heteroatoms. The van der Waals surface area contributed by atoms with Gasteiger partial charge in [-0.25, -0.2) is 0 Å². The van der Waals surface area contributed by atoms with Crippen LogP contribution in [0.15, 0.2) is 65.7 Å². The Hall–Kier alpha value is -4.13. The van der Waals surface area contributed by atoms with Crippen LogP contribution in [-0.2, 0) is 0 Å².